The summed E-state index contributed by atoms with van der Waals surface area (Å²) < 4.78 is 0. The van der Waals surface area contributed by atoms with Crippen LogP contribution in [0.4, 0.5) is 0 Å². The molecule has 1 aliphatic rings. The Morgan fingerprint density at radius 3 is 2.71 bits per heavy atom. The number of rotatable bonds is 6. The van der Waals surface area contributed by atoms with Crippen LogP contribution in [0.5, 0.6) is 0 Å². The molecular formula is C18H33N5S. The summed E-state index contributed by atoms with van der Waals surface area (Å²) in [7, 11) is 1.85. The molecule has 0 radical (unpaired) electrons. The Morgan fingerprint density at radius 2 is 2.17 bits per heavy atom. The van der Waals surface area contributed by atoms with Gasteiger partial charge in [-0.05, 0) is 33.1 Å². The molecule has 1 aromatic heterocycles. The molecule has 0 spiro atoms. The second-order valence-electron chi connectivity index (χ2n) is 6.99. The van der Waals surface area contributed by atoms with Crippen molar-refractivity contribution in [1.82, 2.24) is 20.5 Å². The Balaban J connectivity index is 1.80. The molecule has 1 saturated heterocycles. The van der Waals surface area contributed by atoms with Gasteiger partial charge in [-0.2, -0.15) is 0 Å². The molecule has 2 N–H and O–H groups in total. The zero-order chi connectivity index (χ0) is 17.7. The third-order valence-electron chi connectivity index (χ3n) is 4.82. The van der Waals surface area contributed by atoms with Gasteiger partial charge in [-0.15, -0.1) is 11.3 Å². The van der Waals surface area contributed by atoms with Gasteiger partial charge in [0.25, 0.3) is 0 Å². The summed E-state index contributed by atoms with van der Waals surface area (Å²) in [5.74, 6) is 1.54. The van der Waals surface area contributed by atoms with Crippen molar-refractivity contribution < 1.29 is 0 Å². The van der Waals surface area contributed by atoms with Gasteiger partial charge in [0.05, 0.1) is 10.7 Å². The van der Waals surface area contributed by atoms with Crippen LogP contribution in [0.25, 0.3) is 0 Å². The van der Waals surface area contributed by atoms with Gasteiger partial charge in [-0.3, -0.25) is 9.89 Å². The molecule has 1 fully saturated rings. The van der Waals surface area contributed by atoms with Gasteiger partial charge in [0, 0.05) is 50.1 Å². The normalized spacial score (nSPS) is 22.4. The molecule has 2 unspecified atom stereocenters. The van der Waals surface area contributed by atoms with Crippen LogP contribution in [0.1, 0.15) is 43.3 Å². The maximum absolute atomic E-state index is 4.71. The molecule has 6 heteroatoms. The van der Waals surface area contributed by atoms with Crippen LogP contribution in [0, 0.1) is 12.8 Å². The van der Waals surface area contributed by atoms with Crippen molar-refractivity contribution in [3.05, 3.63) is 15.6 Å². The molecule has 136 valence electrons. The van der Waals surface area contributed by atoms with Gasteiger partial charge < -0.3 is 10.6 Å². The number of aromatic nitrogens is 1. The summed E-state index contributed by atoms with van der Waals surface area (Å²) in [6.07, 6.45) is 1.97. The molecule has 1 aromatic rings. The van der Waals surface area contributed by atoms with E-state index in [0.29, 0.717) is 18.0 Å². The number of hydrogen-bond acceptors (Lipinski definition) is 4. The van der Waals surface area contributed by atoms with Crippen molar-refractivity contribution in [3.63, 3.8) is 0 Å². The monoisotopic (exact) mass is 351 g/mol. The highest BCUT2D eigenvalue weighted by Crippen LogP contribution is 2.19. The molecule has 0 aliphatic carbocycles. The molecule has 1 aliphatic heterocycles. The Hall–Kier alpha value is -1.14. The lowest BCUT2D eigenvalue weighted by Gasteiger charge is -2.21. The van der Waals surface area contributed by atoms with Gasteiger partial charge in [-0.1, -0.05) is 13.8 Å². The Labute approximate surface area is 151 Å². The molecule has 2 rings (SSSR count). The summed E-state index contributed by atoms with van der Waals surface area (Å²) in [4.78, 5) is 13.0. The van der Waals surface area contributed by atoms with Crippen molar-refractivity contribution in [2.24, 2.45) is 10.9 Å². The predicted octanol–water partition coefficient (Wildman–Crippen LogP) is 2.45. The largest absolute Gasteiger partial charge is 0.356 e. The van der Waals surface area contributed by atoms with Crippen molar-refractivity contribution in [2.45, 2.75) is 59.5 Å². The summed E-state index contributed by atoms with van der Waals surface area (Å²) in [6, 6.07) is 1.07. The van der Waals surface area contributed by atoms with E-state index < -0.39 is 0 Å². The highest BCUT2D eigenvalue weighted by Gasteiger charge is 2.31. The molecule has 0 amide bonds. The topological polar surface area (TPSA) is 52.6 Å². The first kappa shape index (κ1) is 19.2. The van der Waals surface area contributed by atoms with E-state index in [1.54, 1.807) is 0 Å². The molecule has 5 nitrogen and oxygen atoms in total. The molecule has 24 heavy (non-hydrogen) atoms. The fourth-order valence-corrected chi connectivity index (χ4v) is 4.22. The Morgan fingerprint density at radius 1 is 1.42 bits per heavy atom. The number of aryl methyl sites for hydroxylation is 2. The van der Waals surface area contributed by atoms with E-state index in [-0.39, 0.29) is 0 Å². The number of aliphatic imine (C=N–C) groups is 1. The van der Waals surface area contributed by atoms with Gasteiger partial charge in [0.1, 0.15) is 0 Å². The maximum Gasteiger partial charge on any atom is 0.191 e. The van der Waals surface area contributed by atoms with Crippen LogP contribution < -0.4 is 10.6 Å². The van der Waals surface area contributed by atoms with Crippen LogP contribution in [-0.4, -0.2) is 54.6 Å². The zero-order valence-corrected chi connectivity index (χ0v) is 16.8. The van der Waals surface area contributed by atoms with Gasteiger partial charge >= 0.3 is 0 Å². The average molecular weight is 352 g/mol. The van der Waals surface area contributed by atoms with E-state index in [4.69, 9.17) is 4.98 Å². The van der Waals surface area contributed by atoms with Crippen LogP contribution in [-0.2, 0) is 12.8 Å². The van der Waals surface area contributed by atoms with E-state index in [0.717, 1.165) is 38.4 Å². The van der Waals surface area contributed by atoms with Gasteiger partial charge in [-0.25, -0.2) is 4.98 Å². The lowest BCUT2D eigenvalue weighted by atomic mass is 10.1. The van der Waals surface area contributed by atoms with Gasteiger partial charge in [0.2, 0.25) is 0 Å². The molecule has 0 saturated carbocycles. The zero-order valence-electron chi connectivity index (χ0n) is 16.0. The fourth-order valence-electron chi connectivity index (χ4n) is 3.19. The number of guanidine groups is 1. The average Bonchev–Trinajstić information content (AvgIpc) is 3.09. The summed E-state index contributed by atoms with van der Waals surface area (Å²) in [6.45, 7) is 14.3. The third-order valence-corrected chi connectivity index (χ3v) is 5.89. The first-order chi connectivity index (χ1) is 11.4. The minimum Gasteiger partial charge on any atom is -0.356 e. The number of hydrogen-bond donors (Lipinski definition) is 2. The van der Waals surface area contributed by atoms with Crippen molar-refractivity contribution in [2.75, 3.05) is 26.7 Å². The van der Waals surface area contributed by atoms with E-state index >= 15 is 0 Å². The SMILES string of the molecule is CCc1nc(CCNC(=NC)NC2CN(C(C)C)CC2C)sc1C. The summed E-state index contributed by atoms with van der Waals surface area (Å²) in [5.41, 5.74) is 1.24. The quantitative estimate of drug-likeness (QED) is 0.611. The Kier molecular flexibility index (Phi) is 7.04. The minimum absolute atomic E-state index is 0.465. The van der Waals surface area contributed by atoms with Gasteiger partial charge in [0.15, 0.2) is 5.96 Å². The van der Waals surface area contributed by atoms with E-state index in [2.05, 4.69) is 55.1 Å². The molecule has 2 heterocycles. The lowest BCUT2D eigenvalue weighted by Crippen LogP contribution is -2.47. The number of likely N-dealkylation sites (tertiary alicyclic amines) is 1. The van der Waals surface area contributed by atoms with E-state index in [1.807, 2.05) is 18.4 Å². The first-order valence-electron chi connectivity index (χ1n) is 9.11. The fraction of sp³-hybridized carbons (Fsp3) is 0.778. The molecule has 0 bridgehead atoms. The second-order valence-corrected chi connectivity index (χ2v) is 8.28. The van der Waals surface area contributed by atoms with Crippen LogP contribution >= 0.6 is 11.3 Å². The second kappa shape index (κ2) is 8.81. The summed E-state index contributed by atoms with van der Waals surface area (Å²) in [5, 5.41) is 8.25. The van der Waals surface area contributed by atoms with Crippen molar-refractivity contribution in [3.8, 4) is 0 Å². The third kappa shape index (κ3) is 4.93. The van der Waals surface area contributed by atoms with Crippen LogP contribution in [0.15, 0.2) is 4.99 Å². The minimum atomic E-state index is 0.465. The highest BCUT2D eigenvalue weighted by atomic mass is 32.1. The molecule has 0 aromatic carbocycles. The number of thiazole rings is 1. The molecular weight excluding hydrogens is 318 g/mol. The van der Waals surface area contributed by atoms with Crippen LogP contribution in [0.3, 0.4) is 0 Å². The maximum atomic E-state index is 4.71. The van der Waals surface area contributed by atoms with Crippen molar-refractivity contribution in [1.29, 1.82) is 0 Å². The predicted molar refractivity (Wildman–Crippen MR) is 104 cm³/mol. The first-order valence-corrected chi connectivity index (χ1v) is 9.92. The number of nitrogens with zero attached hydrogens (tertiary/aromatic N) is 3. The highest BCUT2D eigenvalue weighted by molar-refractivity contribution is 7.11. The Bertz CT molecular complexity index is 552. The summed E-state index contributed by atoms with van der Waals surface area (Å²) >= 11 is 1.82. The smallest absolute Gasteiger partial charge is 0.191 e. The molecule has 2 atom stereocenters. The lowest BCUT2D eigenvalue weighted by molar-refractivity contribution is 0.265. The van der Waals surface area contributed by atoms with E-state index in [1.165, 1.54) is 15.6 Å². The van der Waals surface area contributed by atoms with Crippen molar-refractivity contribution >= 4 is 17.3 Å². The van der Waals surface area contributed by atoms with Crippen LogP contribution in [0.2, 0.25) is 0 Å². The standard InChI is InChI=1S/C18H33N5S/c1-7-15-14(5)24-17(21-15)8-9-20-18(19-6)22-16-11-23(12(2)3)10-13(16)4/h12-13,16H,7-11H2,1-6H3,(H2,19,20,22). The van der Waals surface area contributed by atoms with E-state index in [9.17, 15) is 0 Å². The number of nitrogens with one attached hydrogen (secondary N) is 2.